The summed E-state index contributed by atoms with van der Waals surface area (Å²) in [7, 11) is 1.51. The monoisotopic (exact) mass is 365 g/mol. The molecule has 0 spiro atoms. The number of fused-ring (bicyclic) bond motifs is 2. The normalized spacial score (nSPS) is 17.6. The molecule has 0 saturated heterocycles. The standard InChI is InChI=1S/C18H18F3N3O2/c1-10-22-15-3-4-24(9-16(15)26-10)7-11-5-12-13(8-23(2)17(12)25)14(6-11)18(19,20)21/h5-6H,3-4,7-9H2,1-2H3. The molecule has 0 saturated carbocycles. The Morgan fingerprint density at radius 2 is 2.04 bits per heavy atom. The maximum Gasteiger partial charge on any atom is 0.416 e. The molecule has 0 aliphatic carbocycles. The van der Waals surface area contributed by atoms with Crippen LogP contribution in [0.1, 0.15) is 44.4 Å². The fraction of sp³-hybridized carbons (Fsp3) is 0.444. The lowest BCUT2D eigenvalue weighted by atomic mass is 9.98. The van der Waals surface area contributed by atoms with Crippen LogP contribution < -0.4 is 0 Å². The van der Waals surface area contributed by atoms with Gasteiger partial charge in [-0.3, -0.25) is 9.69 Å². The van der Waals surface area contributed by atoms with Crippen LogP contribution in [-0.2, 0) is 32.2 Å². The average molecular weight is 365 g/mol. The fourth-order valence-electron chi connectivity index (χ4n) is 3.72. The van der Waals surface area contributed by atoms with Crippen LogP contribution in [0.2, 0.25) is 0 Å². The zero-order chi connectivity index (χ0) is 18.6. The van der Waals surface area contributed by atoms with Crippen LogP contribution in [0.4, 0.5) is 13.2 Å². The van der Waals surface area contributed by atoms with Crippen LogP contribution in [0.25, 0.3) is 0 Å². The molecule has 1 aromatic carbocycles. The van der Waals surface area contributed by atoms with E-state index in [0.717, 1.165) is 11.5 Å². The van der Waals surface area contributed by atoms with Crippen LogP contribution in [0.15, 0.2) is 16.5 Å². The SMILES string of the molecule is Cc1nc2c(o1)CN(Cc1cc3c(c(C(F)(F)F)c1)CN(C)C3=O)CC2. The molecule has 2 aromatic rings. The number of benzene rings is 1. The first-order valence-electron chi connectivity index (χ1n) is 8.38. The van der Waals surface area contributed by atoms with Crippen LogP contribution in [-0.4, -0.2) is 34.3 Å². The maximum atomic E-state index is 13.5. The molecule has 1 aromatic heterocycles. The molecule has 0 radical (unpaired) electrons. The lowest BCUT2D eigenvalue weighted by Crippen LogP contribution is -2.30. The van der Waals surface area contributed by atoms with Crippen LogP contribution >= 0.6 is 0 Å². The lowest BCUT2D eigenvalue weighted by molar-refractivity contribution is -0.138. The first-order valence-corrected chi connectivity index (χ1v) is 8.38. The summed E-state index contributed by atoms with van der Waals surface area (Å²) in [6, 6.07) is 2.77. The number of halogens is 3. The highest BCUT2D eigenvalue weighted by atomic mass is 19.4. The number of amides is 1. The van der Waals surface area contributed by atoms with Gasteiger partial charge in [-0.05, 0) is 23.3 Å². The number of aryl methyl sites for hydroxylation is 1. The van der Waals surface area contributed by atoms with Crippen LogP contribution in [0.3, 0.4) is 0 Å². The van der Waals surface area contributed by atoms with Gasteiger partial charge in [0.1, 0.15) is 5.76 Å². The Labute approximate surface area is 148 Å². The topological polar surface area (TPSA) is 49.6 Å². The number of hydrogen-bond acceptors (Lipinski definition) is 4. The van der Waals surface area contributed by atoms with Crippen molar-refractivity contribution in [3.05, 3.63) is 51.7 Å². The zero-order valence-electron chi connectivity index (χ0n) is 14.5. The predicted molar refractivity (Wildman–Crippen MR) is 86.3 cm³/mol. The number of oxazole rings is 1. The van der Waals surface area contributed by atoms with Gasteiger partial charge in [-0.15, -0.1) is 0 Å². The van der Waals surface area contributed by atoms with Crippen molar-refractivity contribution in [2.45, 2.75) is 39.2 Å². The van der Waals surface area contributed by atoms with E-state index in [1.54, 1.807) is 13.0 Å². The number of carbonyl (C=O) groups excluding carboxylic acids is 1. The van der Waals surface area contributed by atoms with Crippen molar-refractivity contribution in [3.63, 3.8) is 0 Å². The Morgan fingerprint density at radius 1 is 1.27 bits per heavy atom. The molecule has 0 atom stereocenters. The van der Waals surface area contributed by atoms with Gasteiger partial charge in [-0.2, -0.15) is 13.2 Å². The van der Waals surface area contributed by atoms with E-state index in [1.807, 2.05) is 4.90 Å². The van der Waals surface area contributed by atoms with E-state index in [9.17, 15) is 18.0 Å². The van der Waals surface area contributed by atoms with Gasteiger partial charge in [0, 0.05) is 45.6 Å². The molecular formula is C18H18F3N3O2. The summed E-state index contributed by atoms with van der Waals surface area (Å²) >= 11 is 0. The molecule has 4 rings (SSSR count). The van der Waals surface area contributed by atoms with E-state index in [2.05, 4.69) is 4.98 Å². The fourth-order valence-corrected chi connectivity index (χ4v) is 3.72. The Balaban J connectivity index is 1.65. The summed E-state index contributed by atoms with van der Waals surface area (Å²) in [5.74, 6) is 1.00. The highest BCUT2D eigenvalue weighted by molar-refractivity contribution is 5.98. The molecule has 5 nitrogen and oxygen atoms in total. The molecule has 0 unspecified atom stereocenters. The summed E-state index contributed by atoms with van der Waals surface area (Å²) in [6.07, 6.45) is -3.78. The lowest BCUT2D eigenvalue weighted by Gasteiger charge is -2.25. The third-order valence-electron chi connectivity index (χ3n) is 4.91. The van der Waals surface area contributed by atoms with Crippen molar-refractivity contribution in [2.24, 2.45) is 0 Å². The Morgan fingerprint density at radius 3 is 2.77 bits per heavy atom. The maximum absolute atomic E-state index is 13.5. The number of carbonyl (C=O) groups is 1. The third-order valence-corrected chi connectivity index (χ3v) is 4.91. The van der Waals surface area contributed by atoms with Gasteiger partial charge < -0.3 is 9.32 Å². The summed E-state index contributed by atoms with van der Waals surface area (Å²) in [5.41, 5.74) is 0.918. The average Bonchev–Trinajstić information content (AvgIpc) is 3.05. The summed E-state index contributed by atoms with van der Waals surface area (Å²) < 4.78 is 46.0. The van der Waals surface area contributed by atoms with E-state index >= 15 is 0 Å². The van der Waals surface area contributed by atoms with Crippen molar-refractivity contribution in [2.75, 3.05) is 13.6 Å². The number of alkyl halides is 3. The summed E-state index contributed by atoms with van der Waals surface area (Å²) in [6.45, 7) is 3.29. The summed E-state index contributed by atoms with van der Waals surface area (Å²) in [4.78, 5) is 19.8. The zero-order valence-corrected chi connectivity index (χ0v) is 14.5. The minimum Gasteiger partial charge on any atom is -0.444 e. The molecule has 1 amide bonds. The second-order valence-corrected chi connectivity index (χ2v) is 6.89. The van der Waals surface area contributed by atoms with Crippen LogP contribution in [0, 0.1) is 6.92 Å². The first-order chi connectivity index (χ1) is 12.2. The predicted octanol–water partition coefficient (Wildman–Crippen LogP) is 3.15. The Hall–Kier alpha value is -2.35. The van der Waals surface area contributed by atoms with Gasteiger partial charge >= 0.3 is 6.18 Å². The molecule has 0 N–H and O–H groups in total. The minimum absolute atomic E-state index is 0.00624. The second kappa shape index (κ2) is 5.84. The molecule has 2 aliphatic rings. The number of hydrogen-bond donors (Lipinski definition) is 0. The van der Waals surface area contributed by atoms with Gasteiger partial charge in [0.15, 0.2) is 5.89 Å². The number of aromatic nitrogens is 1. The van der Waals surface area contributed by atoms with Crippen molar-refractivity contribution in [1.29, 1.82) is 0 Å². The van der Waals surface area contributed by atoms with E-state index in [1.165, 1.54) is 18.0 Å². The van der Waals surface area contributed by atoms with Crippen LogP contribution in [0.5, 0.6) is 0 Å². The highest BCUT2D eigenvalue weighted by Crippen LogP contribution is 2.38. The molecular weight excluding hydrogens is 347 g/mol. The molecule has 8 heteroatoms. The Kier molecular flexibility index (Phi) is 3.83. The van der Waals surface area contributed by atoms with E-state index in [-0.39, 0.29) is 23.6 Å². The van der Waals surface area contributed by atoms with Gasteiger partial charge in [0.25, 0.3) is 5.91 Å². The quantitative estimate of drug-likeness (QED) is 0.820. The van der Waals surface area contributed by atoms with E-state index in [0.29, 0.717) is 37.5 Å². The van der Waals surface area contributed by atoms with E-state index in [4.69, 9.17) is 4.42 Å². The van der Waals surface area contributed by atoms with Crippen molar-refractivity contribution >= 4 is 5.91 Å². The van der Waals surface area contributed by atoms with Crippen molar-refractivity contribution < 1.29 is 22.4 Å². The summed E-state index contributed by atoms with van der Waals surface area (Å²) in [5, 5.41) is 0. The molecule has 26 heavy (non-hydrogen) atoms. The smallest absolute Gasteiger partial charge is 0.416 e. The van der Waals surface area contributed by atoms with Gasteiger partial charge in [-0.1, -0.05) is 0 Å². The van der Waals surface area contributed by atoms with Crippen molar-refractivity contribution in [1.82, 2.24) is 14.8 Å². The molecule has 2 aliphatic heterocycles. The minimum atomic E-state index is -4.48. The molecule has 138 valence electrons. The third kappa shape index (κ3) is 2.88. The van der Waals surface area contributed by atoms with Crippen molar-refractivity contribution in [3.8, 4) is 0 Å². The van der Waals surface area contributed by atoms with Gasteiger partial charge in [0.2, 0.25) is 0 Å². The molecule has 3 heterocycles. The second-order valence-electron chi connectivity index (χ2n) is 6.89. The highest BCUT2D eigenvalue weighted by Gasteiger charge is 2.39. The van der Waals surface area contributed by atoms with Gasteiger partial charge in [-0.25, -0.2) is 4.98 Å². The number of rotatable bonds is 2. The largest absolute Gasteiger partial charge is 0.444 e. The Bertz CT molecular complexity index is 889. The van der Waals surface area contributed by atoms with E-state index < -0.39 is 11.7 Å². The van der Waals surface area contributed by atoms with Gasteiger partial charge in [0.05, 0.1) is 17.8 Å². The first kappa shape index (κ1) is 17.1. The molecule has 0 fully saturated rings. The number of nitrogens with zero attached hydrogens (tertiary/aromatic N) is 3. The molecule has 0 bridgehead atoms.